The smallest absolute Gasteiger partial charge is 0.311 e. The number of benzene rings is 2. The maximum atomic E-state index is 11.0. The van der Waals surface area contributed by atoms with Gasteiger partial charge < -0.3 is 9.47 Å². The lowest BCUT2D eigenvalue weighted by atomic mass is 10.2. The summed E-state index contributed by atoms with van der Waals surface area (Å²) in [5.74, 6) is 0.884. The van der Waals surface area contributed by atoms with E-state index in [1.54, 1.807) is 12.1 Å². The molecule has 110 valence electrons. The minimum absolute atomic E-state index is 0.0767. The van der Waals surface area contributed by atoms with Gasteiger partial charge in [0, 0.05) is 17.5 Å². The molecule has 0 bridgehead atoms. The number of halogens is 2. The van der Waals surface area contributed by atoms with E-state index < -0.39 is 4.92 Å². The minimum atomic E-state index is -0.518. The third kappa shape index (κ3) is 3.65. The van der Waals surface area contributed by atoms with Crippen LogP contribution in [0.4, 0.5) is 5.69 Å². The molecule has 0 fully saturated rings. The van der Waals surface area contributed by atoms with Gasteiger partial charge in [-0.25, -0.2) is 0 Å². The van der Waals surface area contributed by atoms with Crippen molar-refractivity contribution < 1.29 is 14.4 Å². The summed E-state index contributed by atoms with van der Waals surface area (Å²) in [5, 5.41) is 12.1. The van der Waals surface area contributed by atoms with E-state index in [0.29, 0.717) is 21.9 Å². The molecule has 0 aromatic heterocycles. The van der Waals surface area contributed by atoms with E-state index in [2.05, 4.69) is 15.9 Å². The lowest BCUT2D eigenvalue weighted by Gasteiger charge is -2.10. The van der Waals surface area contributed by atoms with Crippen molar-refractivity contribution in [2.24, 2.45) is 0 Å². The summed E-state index contributed by atoms with van der Waals surface area (Å²) in [4.78, 5) is 10.5. The summed E-state index contributed by atoms with van der Waals surface area (Å²) >= 11 is 9.44. The fourth-order valence-corrected chi connectivity index (χ4v) is 2.27. The first-order chi connectivity index (χ1) is 10.0. The lowest BCUT2D eigenvalue weighted by molar-refractivity contribution is -0.385. The Kier molecular flexibility index (Phi) is 5.03. The molecular weight excluding hydrogens is 362 g/mol. The standard InChI is InChI=1S/C14H11BrClNO4/c1-20-10-3-4-12(17(18)19)14(7-10)21-13-5-2-9(8-15)6-11(13)16/h2-7H,8H2,1H3. The number of methoxy groups -OCH3 is 1. The Hall–Kier alpha value is -1.79. The van der Waals surface area contributed by atoms with E-state index in [0.717, 1.165) is 5.56 Å². The van der Waals surface area contributed by atoms with Crippen LogP contribution in [0, 0.1) is 10.1 Å². The summed E-state index contributed by atoms with van der Waals surface area (Å²) < 4.78 is 10.6. The third-order valence-electron chi connectivity index (χ3n) is 2.73. The summed E-state index contributed by atoms with van der Waals surface area (Å²) in [6.45, 7) is 0. The Balaban J connectivity index is 2.40. The van der Waals surface area contributed by atoms with Gasteiger partial charge in [0.1, 0.15) is 11.5 Å². The Bertz CT molecular complexity index is 678. The quantitative estimate of drug-likeness (QED) is 0.423. The Morgan fingerprint density at radius 3 is 2.57 bits per heavy atom. The Morgan fingerprint density at radius 1 is 1.24 bits per heavy atom. The van der Waals surface area contributed by atoms with Gasteiger partial charge in [-0.2, -0.15) is 0 Å². The lowest BCUT2D eigenvalue weighted by Crippen LogP contribution is -1.95. The van der Waals surface area contributed by atoms with Crippen LogP contribution in [0.2, 0.25) is 5.02 Å². The Labute approximate surface area is 134 Å². The van der Waals surface area contributed by atoms with Crippen LogP contribution in [0.15, 0.2) is 36.4 Å². The molecule has 0 heterocycles. The number of nitro benzene ring substituents is 1. The summed E-state index contributed by atoms with van der Waals surface area (Å²) in [6, 6.07) is 9.50. The predicted octanol–water partition coefficient (Wildman–Crippen LogP) is 4.94. The zero-order chi connectivity index (χ0) is 15.4. The molecule has 0 aliphatic carbocycles. The first-order valence-corrected chi connectivity index (χ1v) is 7.39. The number of alkyl halides is 1. The molecule has 0 radical (unpaired) electrons. The average Bonchev–Trinajstić information content (AvgIpc) is 2.48. The number of hydrogen-bond acceptors (Lipinski definition) is 4. The normalized spacial score (nSPS) is 10.2. The highest BCUT2D eigenvalue weighted by atomic mass is 79.9. The predicted molar refractivity (Wildman–Crippen MR) is 83.8 cm³/mol. The second-order valence-electron chi connectivity index (χ2n) is 4.09. The zero-order valence-electron chi connectivity index (χ0n) is 11.0. The van der Waals surface area contributed by atoms with Crippen LogP contribution in [-0.2, 0) is 5.33 Å². The molecule has 0 atom stereocenters. The van der Waals surface area contributed by atoms with Gasteiger partial charge in [0.25, 0.3) is 0 Å². The molecule has 2 aromatic carbocycles. The van der Waals surface area contributed by atoms with Gasteiger partial charge in [0.2, 0.25) is 5.75 Å². The van der Waals surface area contributed by atoms with Crippen LogP contribution in [-0.4, -0.2) is 12.0 Å². The van der Waals surface area contributed by atoms with Crippen LogP contribution >= 0.6 is 27.5 Å². The van der Waals surface area contributed by atoms with Crippen LogP contribution in [0.25, 0.3) is 0 Å². The van der Waals surface area contributed by atoms with Gasteiger partial charge in [-0.15, -0.1) is 0 Å². The minimum Gasteiger partial charge on any atom is -0.497 e. The second kappa shape index (κ2) is 6.78. The number of rotatable bonds is 5. The highest BCUT2D eigenvalue weighted by molar-refractivity contribution is 9.08. The van der Waals surface area contributed by atoms with Gasteiger partial charge >= 0.3 is 5.69 Å². The molecule has 0 saturated heterocycles. The largest absolute Gasteiger partial charge is 0.497 e. The zero-order valence-corrected chi connectivity index (χ0v) is 13.3. The van der Waals surface area contributed by atoms with Crippen LogP contribution in [0.5, 0.6) is 17.2 Å². The molecule has 0 unspecified atom stereocenters. The molecule has 0 N–H and O–H groups in total. The number of nitrogens with zero attached hydrogens (tertiary/aromatic N) is 1. The van der Waals surface area contributed by atoms with Crippen molar-refractivity contribution in [3.8, 4) is 17.2 Å². The molecule has 21 heavy (non-hydrogen) atoms. The summed E-state index contributed by atoms with van der Waals surface area (Å²) in [5.41, 5.74) is 0.823. The number of nitro groups is 1. The van der Waals surface area contributed by atoms with Gasteiger partial charge in [0.05, 0.1) is 17.1 Å². The highest BCUT2D eigenvalue weighted by Gasteiger charge is 2.18. The first-order valence-electron chi connectivity index (χ1n) is 5.90. The molecular formula is C14H11BrClNO4. The second-order valence-corrected chi connectivity index (χ2v) is 5.06. The molecule has 0 aliphatic heterocycles. The third-order valence-corrected chi connectivity index (χ3v) is 3.68. The van der Waals surface area contributed by atoms with Gasteiger partial charge in [0.15, 0.2) is 0 Å². The van der Waals surface area contributed by atoms with E-state index in [1.807, 2.05) is 6.07 Å². The van der Waals surface area contributed by atoms with E-state index in [9.17, 15) is 10.1 Å². The molecule has 2 rings (SSSR count). The van der Waals surface area contributed by atoms with Crippen molar-refractivity contribution in [3.05, 3.63) is 57.1 Å². The van der Waals surface area contributed by atoms with Crippen LogP contribution in [0.3, 0.4) is 0 Å². The van der Waals surface area contributed by atoms with Gasteiger partial charge in [-0.1, -0.05) is 33.6 Å². The molecule has 0 amide bonds. The number of ether oxygens (including phenoxy) is 2. The Morgan fingerprint density at radius 2 is 2.00 bits per heavy atom. The molecule has 0 aliphatic rings. The molecule has 0 saturated carbocycles. The monoisotopic (exact) mass is 371 g/mol. The van der Waals surface area contributed by atoms with Crippen LogP contribution in [0.1, 0.15) is 5.56 Å². The molecule has 0 spiro atoms. The van der Waals surface area contributed by atoms with Crippen molar-refractivity contribution in [2.45, 2.75) is 5.33 Å². The maximum Gasteiger partial charge on any atom is 0.311 e. The molecule has 5 nitrogen and oxygen atoms in total. The van der Waals surface area contributed by atoms with E-state index >= 15 is 0 Å². The van der Waals surface area contributed by atoms with Crippen molar-refractivity contribution in [2.75, 3.05) is 7.11 Å². The number of hydrogen-bond donors (Lipinski definition) is 0. The SMILES string of the molecule is COc1ccc([N+](=O)[O-])c(Oc2ccc(CBr)cc2Cl)c1. The maximum absolute atomic E-state index is 11.0. The van der Waals surface area contributed by atoms with E-state index in [1.165, 1.54) is 25.3 Å². The van der Waals surface area contributed by atoms with E-state index in [-0.39, 0.29) is 11.4 Å². The average molecular weight is 373 g/mol. The van der Waals surface area contributed by atoms with Crippen molar-refractivity contribution >= 4 is 33.2 Å². The van der Waals surface area contributed by atoms with Gasteiger partial charge in [-0.05, 0) is 23.8 Å². The fraction of sp³-hybridized carbons (Fsp3) is 0.143. The first kappa shape index (κ1) is 15.6. The van der Waals surface area contributed by atoms with Gasteiger partial charge in [-0.3, -0.25) is 10.1 Å². The highest BCUT2D eigenvalue weighted by Crippen LogP contribution is 2.37. The molecule has 7 heteroatoms. The van der Waals surface area contributed by atoms with Crippen LogP contribution < -0.4 is 9.47 Å². The summed E-state index contributed by atoms with van der Waals surface area (Å²) in [6.07, 6.45) is 0. The van der Waals surface area contributed by atoms with Crippen molar-refractivity contribution in [1.29, 1.82) is 0 Å². The van der Waals surface area contributed by atoms with Crippen molar-refractivity contribution in [1.82, 2.24) is 0 Å². The fourth-order valence-electron chi connectivity index (χ4n) is 1.68. The topological polar surface area (TPSA) is 61.6 Å². The van der Waals surface area contributed by atoms with E-state index in [4.69, 9.17) is 21.1 Å². The van der Waals surface area contributed by atoms with Crippen molar-refractivity contribution in [3.63, 3.8) is 0 Å². The molecule has 2 aromatic rings. The summed E-state index contributed by atoms with van der Waals surface area (Å²) in [7, 11) is 1.47.